The molecule has 1 aliphatic rings. The number of carbonyl (C=O) groups is 1. The van der Waals surface area contributed by atoms with Crippen molar-refractivity contribution in [1.82, 2.24) is 5.32 Å². The number of aryl methyl sites for hydroxylation is 1. The van der Waals surface area contributed by atoms with E-state index in [9.17, 15) is 4.79 Å². The normalized spacial score (nSPS) is 16.2. The van der Waals surface area contributed by atoms with E-state index >= 15 is 0 Å². The van der Waals surface area contributed by atoms with Crippen molar-refractivity contribution in [3.05, 3.63) is 33.3 Å². The SMILES string of the molecule is NCC(NC(=O)CCc1cc(Cl)ccc1Br)C1CC1. The van der Waals surface area contributed by atoms with Crippen LogP contribution in [0.1, 0.15) is 24.8 Å². The molecule has 5 heteroatoms. The van der Waals surface area contributed by atoms with Gasteiger partial charge in [0.05, 0.1) is 0 Å². The first-order chi connectivity index (χ1) is 9.10. The van der Waals surface area contributed by atoms with Gasteiger partial charge in [-0.2, -0.15) is 0 Å². The van der Waals surface area contributed by atoms with E-state index in [2.05, 4.69) is 21.2 Å². The summed E-state index contributed by atoms with van der Waals surface area (Å²) >= 11 is 9.42. The lowest BCUT2D eigenvalue weighted by Crippen LogP contribution is -2.41. The number of amides is 1. The average Bonchev–Trinajstić information content (AvgIpc) is 3.21. The van der Waals surface area contributed by atoms with Crippen LogP contribution in [0.4, 0.5) is 0 Å². The Labute approximate surface area is 127 Å². The summed E-state index contributed by atoms with van der Waals surface area (Å²) in [5.74, 6) is 0.654. The Morgan fingerprint density at radius 3 is 2.89 bits per heavy atom. The van der Waals surface area contributed by atoms with E-state index in [1.54, 1.807) is 0 Å². The monoisotopic (exact) mass is 344 g/mol. The standard InChI is InChI=1S/C14H18BrClN2O/c15-12-5-4-11(16)7-10(12)3-6-14(19)18-13(8-17)9-1-2-9/h4-5,7,9,13H,1-3,6,8,17H2,(H,18,19). The molecule has 0 bridgehead atoms. The molecule has 0 heterocycles. The number of hydrogen-bond acceptors (Lipinski definition) is 2. The van der Waals surface area contributed by atoms with Gasteiger partial charge in [-0.15, -0.1) is 0 Å². The van der Waals surface area contributed by atoms with Crippen LogP contribution in [0, 0.1) is 5.92 Å². The van der Waals surface area contributed by atoms with E-state index in [0.29, 0.717) is 30.3 Å². The van der Waals surface area contributed by atoms with Gasteiger partial charge in [-0.05, 0) is 48.9 Å². The minimum Gasteiger partial charge on any atom is -0.352 e. The Bertz CT molecular complexity index is 463. The topological polar surface area (TPSA) is 55.1 Å². The maximum absolute atomic E-state index is 11.9. The quantitative estimate of drug-likeness (QED) is 0.833. The molecule has 3 N–H and O–H groups in total. The Kier molecular flexibility index (Phi) is 5.25. The molecular formula is C14H18BrClN2O. The molecule has 1 amide bonds. The molecule has 1 fully saturated rings. The zero-order valence-electron chi connectivity index (χ0n) is 10.7. The Morgan fingerprint density at radius 1 is 1.53 bits per heavy atom. The van der Waals surface area contributed by atoms with Crippen LogP contribution in [0.2, 0.25) is 5.02 Å². The maximum Gasteiger partial charge on any atom is 0.220 e. The summed E-state index contributed by atoms with van der Waals surface area (Å²) in [7, 11) is 0. The van der Waals surface area contributed by atoms with Crippen molar-refractivity contribution in [2.45, 2.75) is 31.7 Å². The predicted molar refractivity (Wildman–Crippen MR) is 81.2 cm³/mol. The summed E-state index contributed by atoms with van der Waals surface area (Å²) in [4.78, 5) is 11.9. The van der Waals surface area contributed by atoms with Gasteiger partial charge in [-0.3, -0.25) is 4.79 Å². The van der Waals surface area contributed by atoms with Gasteiger partial charge in [0.2, 0.25) is 5.91 Å². The number of hydrogen-bond donors (Lipinski definition) is 2. The van der Waals surface area contributed by atoms with Crippen LogP contribution < -0.4 is 11.1 Å². The second-order valence-corrected chi connectivity index (χ2v) is 6.27. The van der Waals surface area contributed by atoms with Gasteiger partial charge >= 0.3 is 0 Å². The Morgan fingerprint density at radius 2 is 2.26 bits per heavy atom. The van der Waals surface area contributed by atoms with E-state index in [4.69, 9.17) is 17.3 Å². The first-order valence-electron chi connectivity index (χ1n) is 6.53. The largest absolute Gasteiger partial charge is 0.352 e. The third kappa shape index (κ3) is 4.48. The van der Waals surface area contributed by atoms with Crippen molar-refractivity contribution in [1.29, 1.82) is 0 Å². The molecule has 19 heavy (non-hydrogen) atoms. The molecule has 2 rings (SSSR count). The molecule has 0 aromatic heterocycles. The Balaban J connectivity index is 1.84. The fraction of sp³-hybridized carbons (Fsp3) is 0.500. The molecule has 104 valence electrons. The lowest BCUT2D eigenvalue weighted by molar-refractivity contribution is -0.121. The lowest BCUT2D eigenvalue weighted by atomic mass is 10.1. The minimum absolute atomic E-state index is 0.0641. The maximum atomic E-state index is 11.9. The van der Waals surface area contributed by atoms with Gasteiger partial charge in [0.15, 0.2) is 0 Å². The van der Waals surface area contributed by atoms with Crippen LogP contribution in [0.15, 0.2) is 22.7 Å². The number of rotatable bonds is 6. The van der Waals surface area contributed by atoms with E-state index in [1.165, 1.54) is 12.8 Å². The van der Waals surface area contributed by atoms with Crippen molar-refractivity contribution in [3.8, 4) is 0 Å². The number of carbonyl (C=O) groups excluding carboxylic acids is 1. The van der Waals surface area contributed by atoms with Crippen LogP contribution in [-0.2, 0) is 11.2 Å². The van der Waals surface area contributed by atoms with Gasteiger partial charge in [0.1, 0.15) is 0 Å². The fourth-order valence-electron chi connectivity index (χ4n) is 2.13. The van der Waals surface area contributed by atoms with E-state index < -0.39 is 0 Å². The fourth-order valence-corrected chi connectivity index (χ4v) is 2.77. The molecule has 1 atom stereocenters. The zero-order chi connectivity index (χ0) is 13.8. The summed E-state index contributed by atoms with van der Waals surface area (Å²) in [5.41, 5.74) is 6.73. The van der Waals surface area contributed by atoms with Crippen molar-refractivity contribution in [2.24, 2.45) is 11.7 Å². The second-order valence-electron chi connectivity index (χ2n) is 4.98. The molecule has 1 aliphatic carbocycles. The number of nitrogens with two attached hydrogens (primary N) is 1. The summed E-state index contributed by atoms with van der Waals surface area (Å²) < 4.78 is 0.988. The number of nitrogens with one attached hydrogen (secondary N) is 1. The third-order valence-electron chi connectivity index (χ3n) is 3.42. The first-order valence-corrected chi connectivity index (χ1v) is 7.70. The number of halogens is 2. The zero-order valence-corrected chi connectivity index (χ0v) is 13.0. The molecule has 0 radical (unpaired) electrons. The lowest BCUT2D eigenvalue weighted by Gasteiger charge is -2.16. The van der Waals surface area contributed by atoms with Crippen LogP contribution in [0.5, 0.6) is 0 Å². The van der Waals surface area contributed by atoms with E-state index in [0.717, 1.165) is 10.0 Å². The van der Waals surface area contributed by atoms with Crippen LogP contribution in [-0.4, -0.2) is 18.5 Å². The van der Waals surface area contributed by atoms with Gasteiger partial charge in [0.25, 0.3) is 0 Å². The van der Waals surface area contributed by atoms with Crippen molar-refractivity contribution in [2.75, 3.05) is 6.54 Å². The van der Waals surface area contributed by atoms with Gasteiger partial charge < -0.3 is 11.1 Å². The molecule has 1 unspecified atom stereocenters. The Hall–Kier alpha value is -0.580. The van der Waals surface area contributed by atoms with Crippen molar-refractivity contribution < 1.29 is 4.79 Å². The highest BCUT2D eigenvalue weighted by atomic mass is 79.9. The number of benzene rings is 1. The minimum atomic E-state index is 0.0641. The summed E-state index contributed by atoms with van der Waals surface area (Å²) in [6, 6.07) is 5.77. The molecule has 0 aliphatic heterocycles. The second kappa shape index (κ2) is 6.73. The third-order valence-corrected chi connectivity index (χ3v) is 4.43. The first kappa shape index (κ1) is 14.8. The highest BCUT2D eigenvalue weighted by Gasteiger charge is 2.31. The average molecular weight is 346 g/mol. The van der Waals surface area contributed by atoms with Gasteiger partial charge in [-0.25, -0.2) is 0 Å². The van der Waals surface area contributed by atoms with E-state index in [1.807, 2.05) is 18.2 Å². The van der Waals surface area contributed by atoms with Crippen LogP contribution in [0.3, 0.4) is 0 Å². The molecule has 3 nitrogen and oxygen atoms in total. The molecule has 1 aromatic rings. The highest BCUT2D eigenvalue weighted by Crippen LogP contribution is 2.32. The van der Waals surface area contributed by atoms with Crippen molar-refractivity contribution in [3.63, 3.8) is 0 Å². The highest BCUT2D eigenvalue weighted by molar-refractivity contribution is 9.10. The predicted octanol–water partition coefficient (Wildman–Crippen LogP) is 2.89. The molecule has 0 saturated heterocycles. The smallest absolute Gasteiger partial charge is 0.220 e. The van der Waals surface area contributed by atoms with E-state index in [-0.39, 0.29) is 11.9 Å². The van der Waals surface area contributed by atoms with Crippen molar-refractivity contribution >= 4 is 33.4 Å². The molecule has 1 saturated carbocycles. The summed E-state index contributed by atoms with van der Waals surface area (Å²) in [6.07, 6.45) is 3.50. The molecule has 0 spiro atoms. The summed E-state index contributed by atoms with van der Waals surface area (Å²) in [5, 5.41) is 3.71. The van der Waals surface area contributed by atoms with Crippen LogP contribution in [0.25, 0.3) is 0 Å². The summed E-state index contributed by atoms with van der Waals surface area (Å²) in [6.45, 7) is 0.525. The molecular weight excluding hydrogens is 328 g/mol. The molecule has 1 aromatic carbocycles. The van der Waals surface area contributed by atoms with Gasteiger partial charge in [0, 0.05) is 28.5 Å². The van der Waals surface area contributed by atoms with Gasteiger partial charge in [-0.1, -0.05) is 27.5 Å². The van der Waals surface area contributed by atoms with Crippen LogP contribution >= 0.6 is 27.5 Å².